The first-order valence-corrected chi connectivity index (χ1v) is 10.6. The van der Waals surface area contributed by atoms with Crippen LogP contribution in [0.4, 0.5) is 9.18 Å². The third kappa shape index (κ3) is 7.54. The van der Waals surface area contributed by atoms with E-state index in [0.717, 1.165) is 4.90 Å². The molecule has 2 N–H and O–H groups in total. The number of nitrogens with zero attached hydrogens (tertiary/aromatic N) is 2. The van der Waals surface area contributed by atoms with Crippen molar-refractivity contribution >= 4 is 17.9 Å². The van der Waals surface area contributed by atoms with Gasteiger partial charge in [0.05, 0.1) is 44.1 Å². The molecule has 10 heteroatoms. The highest BCUT2D eigenvalue weighted by molar-refractivity contribution is 6.21. The first-order chi connectivity index (χ1) is 15.1. The van der Waals surface area contributed by atoms with Crippen LogP contribution < -0.4 is 5.73 Å². The molecule has 178 valence electrons. The molecule has 1 aliphatic rings. The number of ether oxygens (including phenoxy) is 3. The molecule has 0 saturated heterocycles. The highest BCUT2D eigenvalue weighted by Gasteiger charge is 2.34. The van der Waals surface area contributed by atoms with Gasteiger partial charge in [0.25, 0.3) is 11.8 Å². The number of hydrogen-bond acceptors (Lipinski definition) is 7. The molecule has 0 spiro atoms. The van der Waals surface area contributed by atoms with Crippen molar-refractivity contribution < 1.29 is 33.0 Å². The topological polar surface area (TPSA) is 111 Å². The van der Waals surface area contributed by atoms with E-state index in [1.165, 1.54) is 4.90 Å². The van der Waals surface area contributed by atoms with Gasteiger partial charge in [0.1, 0.15) is 11.8 Å². The van der Waals surface area contributed by atoms with Gasteiger partial charge in [-0.3, -0.25) is 14.5 Å². The number of carbonyl (C=O) groups is 3. The number of benzene rings is 1. The maximum atomic E-state index is 13.2. The number of imide groups is 1. The fourth-order valence-corrected chi connectivity index (χ4v) is 2.95. The lowest BCUT2D eigenvalue weighted by Gasteiger charge is -2.27. The van der Waals surface area contributed by atoms with Gasteiger partial charge in [-0.25, -0.2) is 9.18 Å². The van der Waals surface area contributed by atoms with Gasteiger partial charge in [-0.05, 0) is 32.9 Å². The van der Waals surface area contributed by atoms with Crippen LogP contribution in [0.3, 0.4) is 0 Å². The van der Waals surface area contributed by atoms with Gasteiger partial charge < -0.3 is 24.8 Å². The predicted octanol–water partition coefficient (Wildman–Crippen LogP) is 1.85. The fourth-order valence-electron chi connectivity index (χ4n) is 2.95. The summed E-state index contributed by atoms with van der Waals surface area (Å²) in [5.41, 5.74) is 5.31. The van der Waals surface area contributed by atoms with Crippen molar-refractivity contribution in [3.05, 3.63) is 35.4 Å². The molecule has 1 aromatic rings. The zero-order valence-electron chi connectivity index (χ0n) is 18.8. The van der Waals surface area contributed by atoms with E-state index < -0.39 is 17.9 Å². The normalized spacial score (nSPS) is 14.5. The van der Waals surface area contributed by atoms with Crippen molar-refractivity contribution in [3.63, 3.8) is 0 Å². The van der Waals surface area contributed by atoms with E-state index in [2.05, 4.69) is 0 Å². The summed E-state index contributed by atoms with van der Waals surface area (Å²) < 4.78 is 29.3. The van der Waals surface area contributed by atoms with Crippen LogP contribution in [0.1, 0.15) is 41.5 Å². The number of amides is 3. The van der Waals surface area contributed by atoms with Crippen molar-refractivity contribution in [2.75, 3.05) is 52.6 Å². The first kappa shape index (κ1) is 25.7. The molecule has 0 fully saturated rings. The summed E-state index contributed by atoms with van der Waals surface area (Å²) in [6.07, 6.45) is -1.80. The summed E-state index contributed by atoms with van der Waals surface area (Å²) in [5, 5.41) is 0. The molecule has 1 atom stereocenters. The highest BCUT2D eigenvalue weighted by atomic mass is 19.1. The van der Waals surface area contributed by atoms with Crippen LogP contribution in [0.15, 0.2) is 24.3 Å². The fraction of sp³-hybridized carbons (Fsp3) is 0.591. The Balaban J connectivity index is 1.78. The molecule has 0 bridgehead atoms. The average Bonchev–Trinajstić information content (AvgIpc) is 2.98. The maximum Gasteiger partial charge on any atom is 0.410 e. The zero-order chi connectivity index (χ0) is 23.7. The number of hydrogen-bond donors (Lipinski definition) is 1. The van der Waals surface area contributed by atoms with Crippen molar-refractivity contribution in [3.8, 4) is 0 Å². The third-order valence-corrected chi connectivity index (χ3v) is 4.55. The minimum Gasteiger partial charge on any atom is -0.444 e. The lowest BCUT2D eigenvalue weighted by Crippen LogP contribution is -2.41. The van der Waals surface area contributed by atoms with Crippen molar-refractivity contribution in [2.24, 2.45) is 5.73 Å². The summed E-state index contributed by atoms with van der Waals surface area (Å²) in [6.45, 7) is 5.92. The van der Waals surface area contributed by atoms with E-state index in [9.17, 15) is 18.8 Å². The van der Waals surface area contributed by atoms with Gasteiger partial charge in [-0.1, -0.05) is 12.1 Å². The van der Waals surface area contributed by atoms with Gasteiger partial charge in [-0.15, -0.1) is 0 Å². The Morgan fingerprint density at radius 3 is 2.16 bits per heavy atom. The molecule has 1 aromatic carbocycles. The molecule has 0 radical (unpaired) electrons. The maximum absolute atomic E-state index is 13.2. The van der Waals surface area contributed by atoms with Gasteiger partial charge in [0, 0.05) is 19.6 Å². The van der Waals surface area contributed by atoms with Gasteiger partial charge in [0.2, 0.25) is 0 Å². The Bertz CT molecular complexity index is 763. The van der Waals surface area contributed by atoms with Gasteiger partial charge >= 0.3 is 6.09 Å². The second-order valence-electron chi connectivity index (χ2n) is 8.30. The predicted molar refractivity (Wildman–Crippen MR) is 115 cm³/mol. The zero-order valence-corrected chi connectivity index (χ0v) is 18.8. The van der Waals surface area contributed by atoms with Crippen LogP contribution in [0, 0.1) is 0 Å². The first-order valence-electron chi connectivity index (χ1n) is 10.6. The highest BCUT2D eigenvalue weighted by Crippen LogP contribution is 2.21. The number of nitrogens with two attached hydrogens (primary N) is 1. The van der Waals surface area contributed by atoms with Crippen LogP contribution in [0.5, 0.6) is 0 Å². The number of halogens is 1. The summed E-state index contributed by atoms with van der Waals surface area (Å²) in [7, 11) is 0. The molecular weight excluding hydrogens is 421 g/mol. The van der Waals surface area contributed by atoms with Crippen molar-refractivity contribution in [1.82, 2.24) is 9.80 Å². The molecule has 1 heterocycles. The van der Waals surface area contributed by atoms with E-state index in [1.54, 1.807) is 45.0 Å². The van der Waals surface area contributed by atoms with Crippen LogP contribution in [0.2, 0.25) is 0 Å². The van der Waals surface area contributed by atoms with E-state index in [0.29, 0.717) is 11.1 Å². The minimum atomic E-state index is -1.25. The van der Waals surface area contributed by atoms with Crippen molar-refractivity contribution in [2.45, 2.75) is 32.5 Å². The van der Waals surface area contributed by atoms with Gasteiger partial charge in [-0.2, -0.15) is 0 Å². The number of rotatable bonds is 12. The Kier molecular flexibility index (Phi) is 9.55. The second-order valence-corrected chi connectivity index (χ2v) is 8.30. The van der Waals surface area contributed by atoms with E-state index in [4.69, 9.17) is 19.9 Å². The lowest BCUT2D eigenvalue weighted by atomic mass is 10.1. The van der Waals surface area contributed by atoms with Gasteiger partial charge in [0.15, 0.2) is 0 Å². The molecule has 2 rings (SSSR count). The summed E-state index contributed by atoms with van der Waals surface area (Å²) in [5.74, 6) is -0.684. The largest absolute Gasteiger partial charge is 0.444 e. The average molecular weight is 454 g/mol. The van der Waals surface area contributed by atoms with Crippen LogP contribution >= 0.6 is 0 Å². The molecule has 1 aliphatic heterocycles. The number of carbonyl (C=O) groups excluding carboxylic acids is 3. The second kappa shape index (κ2) is 11.9. The molecule has 0 aromatic heterocycles. The monoisotopic (exact) mass is 453 g/mol. The molecule has 3 amide bonds. The molecular formula is C22H32FN3O6. The third-order valence-electron chi connectivity index (χ3n) is 4.55. The van der Waals surface area contributed by atoms with E-state index in [1.807, 2.05) is 0 Å². The Labute approximate surface area is 187 Å². The molecule has 9 nitrogen and oxygen atoms in total. The minimum absolute atomic E-state index is 0.110. The quantitative estimate of drug-likeness (QED) is 0.380. The Morgan fingerprint density at radius 2 is 1.62 bits per heavy atom. The summed E-state index contributed by atoms with van der Waals surface area (Å²) in [6, 6.07) is 6.66. The summed E-state index contributed by atoms with van der Waals surface area (Å²) in [4.78, 5) is 39.7. The summed E-state index contributed by atoms with van der Waals surface area (Å²) >= 11 is 0. The smallest absolute Gasteiger partial charge is 0.410 e. The number of alkyl halides is 1. The number of fused-ring (bicyclic) bond motifs is 1. The molecule has 1 unspecified atom stereocenters. The van der Waals surface area contributed by atoms with Crippen molar-refractivity contribution in [1.29, 1.82) is 0 Å². The van der Waals surface area contributed by atoms with Crippen LogP contribution in [0.25, 0.3) is 0 Å². The molecule has 0 aliphatic carbocycles. The SMILES string of the molecule is CC(C)(C)OC(=O)N(CCOCCN1C(=O)c2ccccc2C1=O)CCOCC(F)CN. The van der Waals surface area contributed by atoms with E-state index in [-0.39, 0.29) is 64.4 Å². The molecule has 32 heavy (non-hydrogen) atoms. The van der Waals surface area contributed by atoms with E-state index >= 15 is 0 Å². The molecule has 0 saturated carbocycles. The van der Waals surface area contributed by atoms with Crippen LogP contribution in [-0.2, 0) is 14.2 Å². The Morgan fingerprint density at radius 1 is 1.06 bits per heavy atom. The standard InChI is InChI=1S/C22H32FN3O6/c1-22(2,3)32-21(29)25(9-12-31-15-16(23)14-24)8-11-30-13-10-26-19(27)17-6-4-5-7-18(17)20(26)28/h4-7,16H,8-15,24H2,1-3H3. The van der Waals surface area contributed by atoms with Crippen LogP contribution in [-0.4, -0.2) is 92.1 Å². The lowest BCUT2D eigenvalue weighted by molar-refractivity contribution is 0.00618. The Hall–Kier alpha value is -2.56.